The Morgan fingerprint density at radius 3 is 2.19 bits per heavy atom. The SMILES string of the molecule is CN1CCN(C(=O)CCC2CCCN(C(=O)CN3CCCCCC3)C2)CC1. The third-order valence-corrected chi connectivity index (χ3v) is 6.55. The minimum atomic E-state index is 0.298. The van der Waals surface area contributed by atoms with E-state index in [2.05, 4.69) is 21.7 Å². The summed E-state index contributed by atoms with van der Waals surface area (Å²) in [5.74, 6) is 1.09. The fourth-order valence-electron chi connectivity index (χ4n) is 4.65. The molecule has 0 bridgehead atoms. The Morgan fingerprint density at radius 2 is 1.48 bits per heavy atom. The Kier molecular flexibility index (Phi) is 7.94. The topological polar surface area (TPSA) is 47.1 Å². The molecule has 2 amide bonds. The van der Waals surface area contributed by atoms with Gasteiger partial charge in [-0.05, 0) is 58.2 Å². The summed E-state index contributed by atoms with van der Waals surface area (Å²) in [4.78, 5) is 33.9. The quantitative estimate of drug-likeness (QED) is 0.730. The van der Waals surface area contributed by atoms with Crippen LogP contribution in [0.25, 0.3) is 0 Å². The maximum Gasteiger partial charge on any atom is 0.236 e. The third kappa shape index (κ3) is 6.46. The zero-order chi connectivity index (χ0) is 19.1. The van der Waals surface area contributed by atoms with Crippen LogP contribution in [0.3, 0.4) is 0 Å². The van der Waals surface area contributed by atoms with Crippen molar-refractivity contribution in [1.29, 1.82) is 0 Å². The van der Waals surface area contributed by atoms with E-state index in [0.29, 0.717) is 30.7 Å². The lowest BCUT2D eigenvalue weighted by molar-refractivity contribution is -0.134. The lowest BCUT2D eigenvalue weighted by Crippen LogP contribution is -2.47. The molecule has 1 atom stereocenters. The van der Waals surface area contributed by atoms with Crippen molar-refractivity contribution in [3.8, 4) is 0 Å². The second kappa shape index (κ2) is 10.4. The van der Waals surface area contributed by atoms with Gasteiger partial charge in [0.1, 0.15) is 0 Å². The zero-order valence-electron chi connectivity index (χ0n) is 17.2. The maximum absolute atomic E-state index is 12.7. The normalized spacial score (nSPS) is 26.0. The zero-order valence-corrected chi connectivity index (χ0v) is 17.2. The van der Waals surface area contributed by atoms with Crippen LogP contribution in [-0.4, -0.2) is 97.4 Å². The van der Waals surface area contributed by atoms with Gasteiger partial charge in [-0.25, -0.2) is 0 Å². The lowest BCUT2D eigenvalue weighted by atomic mass is 9.93. The van der Waals surface area contributed by atoms with E-state index in [-0.39, 0.29) is 0 Å². The summed E-state index contributed by atoms with van der Waals surface area (Å²) >= 11 is 0. The van der Waals surface area contributed by atoms with E-state index in [0.717, 1.165) is 71.6 Å². The van der Waals surface area contributed by atoms with E-state index in [9.17, 15) is 9.59 Å². The first-order chi connectivity index (χ1) is 13.1. The Balaban J connectivity index is 1.39. The molecular weight excluding hydrogens is 340 g/mol. The Bertz CT molecular complexity index is 483. The van der Waals surface area contributed by atoms with Crippen molar-refractivity contribution >= 4 is 11.8 Å². The van der Waals surface area contributed by atoms with Gasteiger partial charge in [0, 0.05) is 45.7 Å². The number of hydrogen-bond acceptors (Lipinski definition) is 4. The average Bonchev–Trinajstić information content (AvgIpc) is 2.95. The Labute approximate surface area is 164 Å². The Hall–Kier alpha value is -1.14. The second-order valence-electron chi connectivity index (χ2n) is 8.76. The number of likely N-dealkylation sites (tertiary alicyclic amines) is 2. The molecule has 6 heteroatoms. The molecule has 0 N–H and O–H groups in total. The molecule has 3 rings (SSSR count). The fraction of sp³-hybridized carbons (Fsp3) is 0.905. The van der Waals surface area contributed by atoms with Crippen molar-refractivity contribution in [1.82, 2.24) is 19.6 Å². The molecule has 27 heavy (non-hydrogen) atoms. The van der Waals surface area contributed by atoms with Gasteiger partial charge in [0.15, 0.2) is 0 Å². The number of likely N-dealkylation sites (N-methyl/N-ethyl adjacent to an activating group) is 1. The number of rotatable bonds is 5. The van der Waals surface area contributed by atoms with Gasteiger partial charge in [-0.15, -0.1) is 0 Å². The molecule has 0 aromatic carbocycles. The third-order valence-electron chi connectivity index (χ3n) is 6.55. The van der Waals surface area contributed by atoms with Crippen LogP contribution in [0.2, 0.25) is 0 Å². The summed E-state index contributed by atoms with van der Waals surface area (Å²) in [5, 5.41) is 0. The highest BCUT2D eigenvalue weighted by atomic mass is 16.2. The van der Waals surface area contributed by atoms with Crippen molar-refractivity contribution < 1.29 is 9.59 Å². The van der Waals surface area contributed by atoms with E-state index in [4.69, 9.17) is 0 Å². The molecule has 154 valence electrons. The maximum atomic E-state index is 12.7. The molecule has 0 aliphatic carbocycles. The van der Waals surface area contributed by atoms with Crippen LogP contribution in [0.15, 0.2) is 0 Å². The van der Waals surface area contributed by atoms with Crippen LogP contribution < -0.4 is 0 Å². The van der Waals surface area contributed by atoms with E-state index in [1.54, 1.807) is 0 Å². The molecule has 0 aromatic rings. The van der Waals surface area contributed by atoms with E-state index in [1.165, 1.54) is 25.7 Å². The molecule has 0 aromatic heterocycles. The number of carbonyl (C=O) groups excluding carboxylic acids is 2. The largest absolute Gasteiger partial charge is 0.341 e. The van der Waals surface area contributed by atoms with Gasteiger partial charge >= 0.3 is 0 Å². The average molecular weight is 379 g/mol. The van der Waals surface area contributed by atoms with Gasteiger partial charge in [0.25, 0.3) is 0 Å². The predicted molar refractivity (Wildman–Crippen MR) is 108 cm³/mol. The summed E-state index contributed by atoms with van der Waals surface area (Å²) in [7, 11) is 2.11. The molecule has 0 spiro atoms. The highest BCUT2D eigenvalue weighted by molar-refractivity contribution is 5.78. The van der Waals surface area contributed by atoms with E-state index in [1.807, 2.05) is 4.90 Å². The molecule has 1 unspecified atom stereocenters. The molecule has 6 nitrogen and oxygen atoms in total. The van der Waals surface area contributed by atoms with Gasteiger partial charge in [-0.2, -0.15) is 0 Å². The van der Waals surface area contributed by atoms with Crippen LogP contribution in [-0.2, 0) is 9.59 Å². The van der Waals surface area contributed by atoms with Crippen molar-refractivity contribution in [3.05, 3.63) is 0 Å². The van der Waals surface area contributed by atoms with E-state index < -0.39 is 0 Å². The van der Waals surface area contributed by atoms with Crippen LogP contribution >= 0.6 is 0 Å². The number of piperidine rings is 1. The Morgan fingerprint density at radius 1 is 0.778 bits per heavy atom. The second-order valence-corrected chi connectivity index (χ2v) is 8.76. The lowest BCUT2D eigenvalue weighted by Gasteiger charge is -2.35. The van der Waals surface area contributed by atoms with Gasteiger partial charge in [0.2, 0.25) is 11.8 Å². The number of amides is 2. The minimum absolute atomic E-state index is 0.298. The van der Waals surface area contributed by atoms with Crippen molar-refractivity contribution in [3.63, 3.8) is 0 Å². The first-order valence-corrected chi connectivity index (χ1v) is 11.1. The summed E-state index contributed by atoms with van der Waals surface area (Å²) in [6.45, 7) is 8.17. The fourth-order valence-corrected chi connectivity index (χ4v) is 4.65. The standard InChI is InChI=1S/C21H38N4O2/c1-22-13-15-24(16-14-22)20(26)9-8-19-7-6-12-25(17-19)21(27)18-23-10-4-2-3-5-11-23/h19H,2-18H2,1H3. The van der Waals surface area contributed by atoms with Crippen LogP contribution in [0.1, 0.15) is 51.4 Å². The molecule has 3 aliphatic heterocycles. The molecule has 0 saturated carbocycles. The van der Waals surface area contributed by atoms with Gasteiger partial charge < -0.3 is 14.7 Å². The highest BCUT2D eigenvalue weighted by Crippen LogP contribution is 2.22. The summed E-state index contributed by atoms with van der Waals surface area (Å²) in [6.07, 6.45) is 8.87. The summed E-state index contributed by atoms with van der Waals surface area (Å²) < 4.78 is 0. The van der Waals surface area contributed by atoms with Crippen LogP contribution in [0.5, 0.6) is 0 Å². The first-order valence-electron chi connectivity index (χ1n) is 11.1. The smallest absolute Gasteiger partial charge is 0.236 e. The van der Waals surface area contributed by atoms with Crippen molar-refractivity contribution in [2.75, 3.05) is 66.0 Å². The predicted octanol–water partition coefficient (Wildman–Crippen LogP) is 1.66. The minimum Gasteiger partial charge on any atom is -0.341 e. The number of hydrogen-bond donors (Lipinski definition) is 0. The molecule has 3 fully saturated rings. The van der Waals surface area contributed by atoms with E-state index >= 15 is 0 Å². The van der Waals surface area contributed by atoms with Crippen LogP contribution in [0, 0.1) is 5.92 Å². The number of piperazine rings is 1. The van der Waals surface area contributed by atoms with Crippen molar-refractivity contribution in [2.24, 2.45) is 5.92 Å². The van der Waals surface area contributed by atoms with Gasteiger partial charge in [0.05, 0.1) is 6.54 Å². The molecule has 3 heterocycles. The monoisotopic (exact) mass is 378 g/mol. The molecular formula is C21H38N4O2. The molecule has 3 aliphatic rings. The van der Waals surface area contributed by atoms with Crippen molar-refractivity contribution in [2.45, 2.75) is 51.4 Å². The van der Waals surface area contributed by atoms with Crippen LogP contribution in [0.4, 0.5) is 0 Å². The molecule has 0 radical (unpaired) electrons. The summed E-state index contributed by atoms with van der Waals surface area (Å²) in [6, 6.07) is 0. The highest BCUT2D eigenvalue weighted by Gasteiger charge is 2.26. The summed E-state index contributed by atoms with van der Waals surface area (Å²) in [5.41, 5.74) is 0. The van der Waals surface area contributed by atoms with Gasteiger partial charge in [-0.3, -0.25) is 14.5 Å². The number of nitrogens with zero attached hydrogens (tertiary/aromatic N) is 4. The number of carbonyl (C=O) groups is 2. The van der Waals surface area contributed by atoms with Gasteiger partial charge in [-0.1, -0.05) is 12.8 Å². The molecule has 3 saturated heterocycles. The first kappa shape index (κ1) is 20.6.